The molecule has 0 saturated heterocycles. The van der Waals surface area contributed by atoms with Crippen molar-refractivity contribution < 1.29 is 9.47 Å². The van der Waals surface area contributed by atoms with Crippen LogP contribution in [0.25, 0.3) is 11.0 Å². The molecule has 0 aliphatic heterocycles. The summed E-state index contributed by atoms with van der Waals surface area (Å²) >= 11 is 5.36. The van der Waals surface area contributed by atoms with Crippen LogP contribution in [0.15, 0.2) is 18.2 Å². The first kappa shape index (κ1) is 14.2. The molecule has 1 N–H and O–H groups in total. The number of benzene rings is 1. The molecule has 1 aromatic carbocycles. The van der Waals surface area contributed by atoms with Gasteiger partial charge in [0.15, 0.2) is 4.77 Å². The van der Waals surface area contributed by atoms with Crippen molar-refractivity contribution in [2.24, 2.45) is 0 Å². The van der Waals surface area contributed by atoms with Crippen LogP contribution in [-0.2, 0) is 16.0 Å². The molecule has 4 nitrogen and oxygen atoms in total. The first-order valence-electron chi connectivity index (χ1n) is 6.48. The maximum Gasteiger partial charge on any atom is 0.178 e. The molecule has 19 heavy (non-hydrogen) atoms. The van der Waals surface area contributed by atoms with Crippen LogP contribution in [0, 0.1) is 11.7 Å². The van der Waals surface area contributed by atoms with Crippen molar-refractivity contribution in [3.05, 3.63) is 28.5 Å². The number of hydrogen-bond acceptors (Lipinski definition) is 3. The Morgan fingerprint density at radius 2 is 2.11 bits per heavy atom. The normalized spacial score (nSPS) is 11.3. The van der Waals surface area contributed by atoms with Gasteiger partial charge in [0.05, 0.1) is 24.2 Å². The summed E-state index contributed by atoms with van der Waals surface area (Å²) in [6, 6.07) is 6.34. The summed E-state index contributed by atoms with van der Waals surface area (Å²) in [6.45, 7) is 4.97. The number of aromatic nitrogens is 2. The van der Waals surface area contributed by atoms with Crippen molar-refractivity contribution in [3.8, 4) is 0 Å². The number of imidazole rings is 1. The van der Waals surface area contributed by atoms with Gasteiger partial charge in [-0.1, -0.05) is 6.07 Å². The lowest BCUT2D eigenvalue weighted by Gasteiger charge is -2.06. The second kappa shape index (κ2) is 6.84. The number of aromatic amines is 1. The Kier molecular flexibility index (Phi) is 5.13. The number of fused-ring (bicyclic) bond motifs is 1. The average molecular weight is 280 g/mol. The maximum atomic E-state index is 5.46. The second-order valence-electron chi connectivity index (χ2n) is 4.56. The van der Waals surface area contributed by atoms with Crippen LogP contribution >= 0.6 is 12.2 Å². The predicted molar refractivity (Wildman–Crippen MR) is 79.2 cm³/mol. The van der Waals surface area contributed by atoms with Crippen molar-refractivity contribution in [1.29, 1.82) is 0 Å². The van der Waals surface area contributed by atoms with E-state index in [1.165, 1.54) is 5.56 Å². The van der Waals surface area contributed by atoms with Crippen molar-refractivity contribution in [3.63, 3.8) is 0 Å². The standard InChI is InChI=1S/C14H20N2O2S/c1-11-4-5-13-12(10-11)15-14(19)16(13)6-3-7-18-9-8-17-2/h4-5,10H,3,6-9H2,1-2H3,(H,15,19). The smallest absolute Gasteiger partial charge is 0.178 e. The van der Waals surface area contributed by atoms with Crippen LogP contribution in [0.1, 0.15) is 12.0 Å². The van der Waals surface area contributed by atoms with E-state index in [0.29, 0.717) is 13.2 Å². The van der Waals surface area contributed by atoms with Gasteiger partial charge in [0.25, 0.3) is 0 Å². The van der Waals surface area contributed by atoms with Crippen LogP contribution in [0.2, 0.25) is 0 Å². The first-order valence-corrected chi connectivity index (χ1v) is 6.89. The number of nitrogens with one attached hydrogen (secondary N) is 1. The van der Waals surface area contributed by atoms with Gasteiger partial charge in [0.2, 0.25) is 0 Å². The van der Waals surface area contributed by atoms with Gasteiger partial charge in [-0.05, 0) is 43.3 Å². The third-order valence-electron chi connectivity index (χ3n) is 3.03. The molecule has 0 fully saturated rings. The molecule has 0 unspecified atom stereocenters. The highest BCUT2D eigenvalue weighted by Crippen LogP contribution is 2.16. The Balaban J connectivity index is 1.97. The van der Waals surface area contributed by atoms with Crippen molar-refractivity contribution in [2.45, 2.75) is 19.9 Å². The lowest BCUT2D eigenvalue weighted by molar-refractivity contribution is 0.0681. The monoisotopic (exact) mass is 280 g/mol. The summed E-state index contributed by atoms with van der Waals surface area (Å²) in [5.74, 6) is 0. The van der Waals surface area contributed by atoms with Gasteiger partial charge in [-0.15, -0.1) is 0 Å². The molecule has 0 radical (unpaired) electrons. The summed E-state index contributed by atoms with van der Waals surface area (Å²) in [4.78, 5) is 3.25. The maximum absolute atomic E-state index is 5.46. The van der Waals surface area contributed by atoms with E-state index in [1.54, 1.807) is 7.11 Å². The van der Waals surface area contributed by atoms with Crippen LogP contribution in [-0.4, -0.2) is 36.5 Å². The van der Waals surface area contributed by atoms with E-state index in [1.807, 2.05) is 0 Å². The number of H-pyrrole nitrogens is 1. The third-order valence-corrected chi connectivity index (χ3v) is 3.35. The van der Waals surface area contributed by atoms with Crippen molar-refractivity contribution in [1.82, 2.24) is 9.55 Å². The fourth-order valence-corrected chi connectivity index (χ4v) is 2.37. The molecule has 2 aromatic rings. The molecule has 0 atom stereocenters. The average Bonchev–Trinajstić information content (AvgIpc) is 2.69. The molecular formula is C14H20N2O2S. The molecule has 104 valence electrons. The van der Waals surface area contributed by atoms with Gasteiger partial charge >= 0.3 is 0 Å². The Morgan fingerprint density at radius 3 is 2.89 bits per heavy atom. The minimum Gasteiger partial charge on any atom is -0.382 e. The number of ether oxygens (including phenoxy) is 2. The number of aryl methyl sites for hydroxylation is 2. The van der Waals surface area contributed by atoms with E-state index in [9.17, 15) is 0 Å². The minimum atomic E-state index is 0.645. The Hall–Kier alpha value is -1.17. The zero-order valence-corrected chi connectivity index (χ0v) is 12.3. The number of nitrogens with zero attached hydrogens (tertiary/aromatic N) is 1. The summed E-state index contributed by atoms with van der Waals surface area (Å²) in [5.41, 5.74) is 3.50. The quantitative estimate of drug-likeness (QED) is 0.626. The molecule has 1 heterocycles. The number of rotatable bonds is 7. The Bertz CT molecular complexity index is 589. The summed E-state index contributed by atoms with van der Waals surface area (Å²) in [5, 5.41) is 0. The summed E-state index contributed by atoms with van der Waals surface area (Å²) < 4.78 is 13.3. The molecule has 0 spiro atoms. The van der Waals surface area contributed by atoms with Crippen LogP contribution in [0.5, 0.6) is 0 Å². The van der Waals surface area contributed by atoms with Gasteiger partial charge in [-0.3, -0.25) is 0 Å². The highest BCUT2D eigenvalue weighted by atomic mass is 32.1. The van der Waals surface area contributed by atoms with Crippen LogP contribution < -0.4 is 0 Å². The zero-order chi connectivity index (χ0) is 13.7. The summed E-state index contributed by atoms with van der Waals surface area (Å²) in [6.07, 6.45) is 0.943. The number of methoxy groups -OCH3 is 1. The zero-order valence-electron chi connectivity index (χ0n) is 11.4. The minimum absolute atomic E-state index is 0.645. The molecule has 0 aliphatic carbocycles. The van der Waals surface area contributed by atoms with Crippen molar-refractivity contribution in [2.75, 3.05) is 26.9 Å². The molecule has 0 amide bonds. The van der Waals surface area contributed by atoms with Gasteiger partial charge in [0, 0.05) is 20.3 Å². The van der Waals surface area contributed by atoms with E-state index in [0.717, 1.165) is 35.4 Å². The van der Waals surface area contributed by atoms with Crippen LogP contribution in [0.4, 0.5) is 0 Å². The van der Waals surface area contributed by atoms with E-state index in [2.05, 4.69) is 34.7 Å². The molecule has 0 saturated carbocycles. The molecular weight excluding hydrogens is 260 g/mol. The Morgan fingerprint density at radius 1 is 1.26 bits per heavy atom. The highest BCUT2D eigenvalue weighted by molar-refractivity contribution is 7.71. The Labute approximate surface area is 118 Å². The second-order valence-corrected chi connectivity index (χ2v) is 4.95. The lowest BCUT2D eigenvalue weighted by atomic mass is 10.2. The van der Waals surface area contributed by atoms with Gasteiger partial charge < -0.3 is 19.0 Å². The van der Waals surface area contributed by atoms with Gasteiger partial charge in [-0.2, -0.15) is 0 Å². The van der Waals surface area contributed by atoms with Crippen LogP contribution in [0.3, 0.4) is 0 Å². The van der Waals surface area contributed by atoms with Gasteiger partial charge in [-0.25, -0.2) is 0 Å². The summed E-state index contributed by atoms with van der Waals surface area (Å²) in [7, 11) is 1.68. The first-order chi connectivity index (χ1) is 9.22. The molecule has 0 aliphatic rings. The van der Waals surface area contributed by atoms with E-state index < -0.39 is 0 Å². The fraction of sp³-hybridized carbons (Fsp3) is 0.500. The third kappa shape index (κ3) is 3.65. The fourth-order valence-electron chi connectivity index (χ4n) is 2.07. The highest BCUT2D eigenvalue weighted by Gasteiger charge is 2.04. The lowest BCUT2D eigenvalue weighted by Crippen LogP contribution is -2.06. The topological polar surface area (TPSA) is 39.2 Å². The van der Waals surface area contributed by atoms with E-state index in [4.69, 9.17) is 21.7 Å². The number of hydrogen-bond donors (Lipinski definition) is 1. The van der Waals surface area contributed by atoms with Gasteiger partial charge in [0.1, 0.15) is 0 Å². The largest absolute Gasteiger partial charge is 0.382 e. The SMILES string of the molecule is COCCOCCCn1c(=S)[nH]c2cc(C)ccc21. The molecule has 0 bridgehead atoms. The molecule has 5 heteroatoms. The predicted octanol–water partition coefficient (Wildman–Crippen LogP) is 3.06. The van der Waals surface area contributed by atoms with E-state index >= 15 is 0 Å². The van der Waals surface area contributed by atoms with E-state index in [-0.39, 0.29) is 0 Å². The molecule has 1 aromatic heterocycles. The molecule has 2 rings (SSSR count). The van der Waals surface area contributed by atoms with Crippen molar-refractivity contribution >= 4 is 23.3 Å².